The zero-order valence-corrected chi connectivity index (χ0v) is 18.0. The summed E-state index contributed by atoms with van der Waals surface area (Å²) in [4.78, 5) is 17.2. The number of ether oxygens (including phenoxy) is 1. The first-order valence-corrected chi connectivity index (χ1v) is 10.9. The van der Waals surface area contributed by atoms with Gasteiger partial charge in [0.2, 0.25) is 0 Å². The molecule has 5 heteroatoms. The van der Waals surface area contributed by atoms with Crippen LogP contribution in [0, 0.1) is 0 Å². The van der Waals surface area contributed by atoms with Crippen LogP contribution in [0.1, 0.15) is 28.2 Å². The number of carbonyl (C=O) groups is 1. The fourth-order valence-corrected chi connectivity index (χ4v) is 3.73. The number of hydrogen-bond donors (Lipinski definition) is 1. The zero-order chi connectivity index (χ0) is 22.2. The van der Waals surface area contributed by atoms with Crippen LogP contribution in [0.15, 0.2) is 91.5 Å². The molecule has 0 saturated carbocycles. The van der Waals surface area contributed by atoms with E-state index in [9.17, 15) is 4.79 Å². The van der Waals surface area contributed by atoms with Crippen molar-refractivity contribution in [1.29, 1.82) is 0 Å². The Hall–Kier alpha value is -3.86. The van der Waals surface area contributed by atoms with Crippen LogP contribution in [-0.2, 0) is 19.5 Å². The number of fused-ring (bicyclic) bond motifs is 1. The van der Waals surface area contributed by atoms with E-state index in [2.05, 4.69) is 28.6 Å². The second kappa shape index (κ2) is 10.4. The number of amides is 1. The van der Waals surface area contributed by atoms with Gasteiger partial charge in [0.15, 0.2) is 0 Å². The molecule has 0 spiro atoms. The van der Waals surface area contributed by atoms with Crippen molar-refractivity contribution >= 4 is 16.9 Å². The monoisotopic (exact) mass is 425 g/mol. The minimum absolute atomic E-state index is 0.105. The number of aryl methyl sites for hydroxylation is 1. The summed E-state index contributed by atoms with van der Waals surface area (Å²) in [7, 11) is 0. The summed E-state index contributed by atoms with van der Waals surface area (Å²) in [5.74, 6) is 1.63. The standard InChI is InChI=1S/C27H27N3O2/c1-2-11-21-12-6-9-17-25(21)32-19-10-18-30-24-16-8-7-15-23(24)29-26(30)20-28-27(31)22-13-4-3-5-14-22/h2-9,12-17H,1,10-11,18-20H2,(H,28,31). The molecule has 0 fully saturated rings. The van der Waals surface area contributed by atoms with Gasteiger partial charge in [-0.25, -0.2) is 4.98 Å². The van der Waals surface area contributed by atoms with E-state index in [1.165, 1.54) is 0 Å². The highest BCUT2D eigenvalue weighted by atomic mass is 16.5. The van der Waals surface area contributed by atoms with Gasteiger partial charge in [0.25, 0.3) is 5.91 Å². The molecule has 0 bridgehead atoms. The molecule has 4 rings (SSSR count). The van der Waals surface area contributed by atoms with Gasteiger partial charge in [0.1, 0.15) is 11.6 Å². The van der Waals surface area contributed by atoms with Crippen molar-refractivity contribution in [3.8, 4) is 5.75 Å². The van der Waals surface area contributed by atoms with Crippen molar-refractivity contribution in [2.75, 3.05) is 6.61 Å². The maximum atomic E-state index is 12.5. The predicted octanol–water partition coefficient (Wildman–Crippen LogP) is 5.16. The van der Waals surface area contributed by atoms with Crippen LogP contribution in [0.5, 0.6) is 5.75 Å². The third kappa shape index (κ3) is 5.06. The average molecular weight is 426 g/mol. The first-order valence-electron chi connectivity index (χ1n) is 10.9. The summed E-state index contributed by atoms with van der Waals surface area (Å²) in [5, 5.41) is 2.99. The van der Waals surface area contributed by atoms with Gasteiger partial charge in [0.05, 0.1) is 24.2 Å². The molecule has 162 valence electrons. The van der Waals surface area contributed by atoms with Crippen molar-refractivity contribution < 1.29 is 9.53 Å². The van der Waals surface area contributed by atoms with Crippen molar-refractivity contribution in [1.82, 2.24) is 14.9 Å². The number of hydrogen-bond acceptors (Lipinski definition) is 3. The van der Waals surface area contributed by atoms with E-state index in [0.717, 1.165) is 47.6 Å². The average Bonchev–Trinajstić information content (AvgIpc) is 3.19. The van der Waals surface area contributed by atoms with Gasteiger partial charge in [0, 0.05) is 12.1 Å². The van der Waals surface area contributed by atoms with Gasteiger partial charge in [-0.05, 0) is 48.7 Å². The molecule has 0 radical (unpaired) electrons. The van der Waals surface area contributed by atoms with Gasteiger partial charge in [-0.2, -0.15) is 0 Å². The maximum Gasteiger partial charge on any atom is 0.251 e. The van der Waals surface area contributed by atoms with E-state index in [4.69, 9.17) is 9.72 Å². The Bertz CT molecular complexity index is 1200. The van der Waals surface area contributed by atoms with Crippen LogP contribution in [0.3, 0.4) is 0 Å². The van der Waals surface area contributed by atoms with Crippen molar-refractivity contribution in [3.05, 3.63) is 108 Å². The Morgan fingerprint density at radius 1 is 1.00 bits per heavy atom. The molecule has 0 aliphatic carbocycles. The highest BCUT2D eigenvalue weighted by molar-refractivity contribution is 5.94. The summed E-state index contributed by atoms with van der Waals surface area (Å²) in [6.45, 7) is 5.53. The number of benzene rings is 3. The van der Waals surface area contributed by atoms with Crippen LogP contribution in [0.2, 0.25) is 0 Å². The molecule has 0 aliphatic heterocycles. The van der Waals surface area contributed by atoms with E-state index < -0.39 is 0 Å². The van der Waals surface area contributed by atoms with Gasteiger partial charge in [-0.1, -0.05) is 54.6 Å². The number of aromatic nitrogens is 2. The Balaban J connectivity index is 1.42. The van der Waals surface area contributed by atoms with Crippen LogP contribution in [0.25, 0.3) is 11.0 Å². The number of imidazole rings is 1. The molecule has 1 aromatic heterocycles. The molecule has 0 saturated heterocycles. The number of rotatable bonds is 10. The van der Waals surface area contributed by atoms with Gasteiger partial charge in [-0.15, -0.1) is 6.58 Å². The normalized spacial score (nSPS) is 10.8. The van der Waals surface area contributed by atoms with Crippen molar-refractivity contribution in [2.45, 2.75) is 25.9 Å². The quantitative estimate of drug-likeness (QED) is 0.282. The third-order valence-corrected chi connectivity index (χ3v) is 5.30. The van der Waals surface area contributed by atoms with Gasteiger partial charge >= 0.3 is 0 Å². The SMILES string of the molecule is C=CCc1ccccc1OCCCn1c(CNC(=O)c2ccccc2)nc2ccccc21. The topological polar surface area (TPSA) is 56.1 Å². The highest BCUT2D eigenvalue weighted by Gasteiger charge is 2.12. The first kappa shape index (κ1) is 21.4. The number of carbonyl (C=O) groups excluding carboxylic acids is 1. The zero-order valence-electron chi connectivity index (χ0n) is 18.0. The molecule has 1 amide bonds. The fourth-order valence-electron chi connectivity index (χ4n) is 3.73. The summed E-state index contributed by atoms with van der Waals surface area (Å²) in [6.07, 6.45) is 3.49. The van der Waals surface area contributed by atoms with E-state index >= 15 is 0 Å². The molecule has 32 heavy (non-hydrogen) atoms. The fraction of sp³-hybridized carbons (Fsp3) is 0.185. The first-order chi connectivity index (χ1) is 15.8. The Kier molecular flexibility index (Phi) is 6.98. The molecule has 4 aromatic rings. The molecular formula is C27H27N3O2. The second-order valence-corrected chi connectivity index (χ2v) is 7.52. The van der Waals surface area contributed by atoms with Crippen LogP contribution in [0.4, 0.5) is 0 Å². The Labute approximate surface area is 188 Å². The lowest BCUT2D eigenvalue weighted by Gasteiger charge is -2.13. The molecule has 0 unspecified atom stereocenters. The van der Waals surface area contributed by atoms with Crippen molar-refractivity contribution in [3.63, 3.8) is 0 Å². The van der Waals surface area contributed by atoms with E-state index in [0.29, 0.717) is 18.7 Å². The van der Waals surface area contributed by atoms with Gasteiger partial charge in [-0.3, -0.25) is 4.79 Å². The molecule has 0 atom stereocenters. The summed E-state index contributed by atoms with van der Waals surface area (Å²) in [6, 6.07) is 25.3. The lowest BCUT2D eigenvalue weighted by atomic mass is 10.1. The van der Waals surface area contributed by atoms with Gasteiger partial charge < -0.3 is 14.6 Å². The minimum Gasteiger partial charge on any atom is -0.493 e. The number of allylic oxidation sites excluding steroid dienone is 1. The molecule has 3 aromatic carbocycles. The molecule has 1 N–H and O–H groups in total. The summed E-state index contributed by atoms with van der Waals surface area (Å²) < 4.78 is 8.21. The lowest BCUT2D eigenvalue weighted by molar-refractivity contribution is 0.0949. The molecular weight excluding hydrogens is 398 g/mol. The lowest BCUT2D eigenvalue weighted by Crippen LogP contribution is -2.24. The van der Waals surface area contributed by atoms with E-state index in [1.807, 2.05) is 60.7 Å². The smallest absolute Gasteiger partial charge is 0.251 e. The van der Waals surface area contributed by atoms with E-state index in [1.54, 1.807) is 12.1 Å². The van der Waals surface area contributed by atoms with E-state index in [-0.39, 0.29) is 5.91 Å². The summed E-state index contributed by atoms with van der Waals surface area (Å²) in [5.41, 5.74) is 3.76. The minimum atomic E-state index is -0.105. The highest BCUT2D eigenvalue weighted by Crippen LogP contribution is 2.20. The second-order valence-electron chi connectivity index (χ2n) is 7.52. The van der Waals surface area contributed by atoms with Crippen LogP contribution in [-0.4, -0.2) is 22.1 Å². The Morgan fingerprint density at radius 3 is 2.59 bits per heavy atom. The van der Waals surface area contributed by atoms with Crippen molar-refractivity contribution in [2.24, 2.45) is 0 Å². The summed E-state index contributed by atoms with van der Waals surface area (Å²) >= 11 is 0. The van der Waals surface area contributed by atoms with Crippen LogP contribution < -0.4 is 10.1 Å². The van der Waals surface area contributed by atoms with Crippen LogP contribution >= 0.6 is 0 Å². The predicted molar refractivity (Wildman–Crippen MR) is 128 cm³/mol. The largest absolute Gasteiger partial charge is 0.493 e. The number of nitrogens with zero attached hydrogens (tertiary/aromatic N) is 2. The number of nitrogens with one attached hydrogen (secondary N) is 1. The number of para-hydroxylation sites is 3. The Morgan fingerprint density at radius 2 is 1.75 bits per heavy atom. The molecule has 0 aliphatic rings. The molecule has 1 heterocycles. The maximum absolute atomic E-state index is 12.5. The molecule has 5 nitrogen and oxygen atoms in total. The third-order valence-electron chi connectivity index (χ3n) is 5.30.